The number of H-pyrrole nitrogens is 1. The molecule has 170 valence electrons. The molecule has 2 aliphatic rings. The van der Waals surface area contributed by atoms with Crippen LogP contribution in [0.25, 0.3) is 21.9 Å². The molecule has 1 atom stereocenters. The van der Waals surface area contributed by atoms with Crippen LogP contribution in [0.5, 0.6) is 0 Å². The quantitative estimate of drug-likeness (QED) is 0.653. The van der Waals surface area contributed by atoms with Crippen molar-refractivity contribution in [3.05, 3.63) is 36.3 Å². The first-order valence-corrected chi connectivity index (χ1v) is 12.0. The van der Waals surface area contributed by atoms with Crippen LogP contribution in [0.1, 0.15) is 51.0 Å². The molecule has 2 saturated heterocycles. The fourth-order valence-electron chi connectivity index (χ4n) is 5.13. The number of amides is 2. The van der Waals surface area contributed by atoms with Gasteiger partial charge in [0.05, 0.1) is 17.8 Å². The maximum Gasteiger partial charge on any atom is 0.320 e. The number of aromatic amines is 1. The maximum atomic E-state index is 13.2. The third kappa shape index (κ3) is 4.18. The molecule has 7 nitrogen and oxygen atoms in total. The largest absolute Gasteiger partial charge is 0.376 e. The van der Waals surface area contributed by atoms with Crippen LogP contribution in [0, 0.1) is 5.92 Å². The van der Waals surface area contributed by atoms with Gasteiger partial charge in [0.1, 0.15) is 0 Å². The minimum atomic E-state index is 0.173. The number of nitrogens with one attached hydrogen (secondary N) is 1. The summed E-state index contributed by atoms with van der Waals surface area (Å²) in [5, 5.41) is 2.33. The number of fused-ring (bicyclic) bond motifs is 3. The van der Waals surface area contributed by atoms with E-state index in [0.717, 1.165) is 75.0 Å². The molecule has 0 bridgehead atoms. The van der Waals surface area contributed by atoms with Gasteiger partial charge in [-0.25, -0.2) is 14.8 Å². The molecule has 1 unspecified atom stereocenters. The first-order chi connectivity index (χ1) is 15.6. The average Bonchev–Trinajstić information content (AvgIpc) is 3.27. The highest BCUT2D eigenvalue weighted by Crippen LogP contribution is 2.36. The molecular formula is C25H33N5O2. The molecule has 0 aliphatic carbocycles. The van der Waals surface area contributed by atoms with E-state index >= 15 is 0 Å². The monoisotopic (exact) mass is 435 g/mol. The molecule has 32 heavy (non-hydrogen) atoms. The van der Waals surface area contributed by atoms with Crippen molar-refractivity contribution in [2.45, 2.75) is 51.6 Å². The Hall–Kier alpha value is -2.67. The predicted octanol–water partition coefficient (Wildman–Crippen LogP) is 4.55. The van der Waals surface area contributed by atoms with E-state index in [9.17, 15) is 4.79 Å². The number of aromatic nitrogens is 3. The zero-order valence-electron chi connectivity index (χ0n) is 19.1. The van der Waals surface area contributed by atoms with Gasteiger partial charge in [0.2, 0.25) is 0 Å². The van der Waals surface area contributed by atoms with Crippen molar-refractivity contribution in [3.63, 3.8) is 0 Å². The second kappa shape index (κ2) is 9.06. The standard InChI is InChI=1S/C25H33N5O2/c1-17(2)16-32-19-5-4-10-30(15-19)25(31)29-11-7-18(8-12-29)21-13-27-24-23(21)20-6-3-9-26-22(20)14-28-24/h3,6,9,13-14,17-19,26H,4-5,7-8,10-12,15-16H2,1-2H3. The third-order valence-electron chi connectivity index (χ3n) is 6.83. The summed E-state index contributed by atoms with van der Waals surface area (Å²) in [5.74, 6) is 0.923. The average molecular weight is 436 g/mol. The first kappa shape index (κ1) is 21.2. The van der Waals surface area contributed by atoms with Crippen molar-refractivity contribution >= 4 is 28.0 Å². The van der Waals surface area contributed by atoms with E-state index in [-0.39, 0.29) is 12.1 Å². The van der Waals surface area contributed by atoms with Gasteiger partial charge in [0.25, 0.3) is 0 Å². The summed E-state index contributed by atoms with van der Waals surface area (Å²) in [7, 11) is 0. The predicted molar refractivity (Wildman–Crippen MR) is 126 cm³/mol. The molecule has 0 spiro atoms. The molecule has 3 aromatic heterocycles. The molecule has 3 aromatic rings. The zero-order chi connectivity index (χ0) is 22.1. The molecule has 2 fully saturated rings. The lowest BCUT2D eigenvalue weighted by molar-refractivity contribution is -0.00661. The number of hydrogen-bond acceptors (Lipinski definition) is 4. The van der Waals surface area contributed by atoms with Gasteiger partial charge in [0, 0.05) is 56.0 Å². The van der Waals surface area contributed by atoms with Gasteiger partial charge >= 0.3 is 6.03 Å². The Balaban J connectivity index is 1.25. The van der Waals surface area contributed by atoms with Crippen LogP contribution in [-0.4, -0.2) is 69.7 Å². The number of likely N-dealkylation sites (tertiary alicyclic amines) is 2. The summed E-state index contributed by atoms with van der Waals surface area (Å²) in [4.78, 5) is 29.6. The van der Waals surface area contributed by atoms with Crippen molar-refractivity contribution in [2.75, 3.05) is 32.8 Å². The Morgan fingerprint density at radius 1 is 1.16 bits per heavy atom. The van der Waals surface area contributed by atoms with E-state index in [0.29, 0.717) is 11.8 Å². The van der Waals surface area contributed by atoms with Crippen molar-refractivity contribution in [1.82, 2.24) is 24.8 Å². The molecule has 0 saturated carbocycles. The molecule has 7 heteroatoms. The van der Waals surface area contributed by atoms with E-state index in [1.807, 2.05) is 34.5 Å². The van der Waals surface area contributed by atoms with Crippen LogP contribution in [0.3, 0.4) is 0 Å². The number of ether oxygens (including phenoxy) is 1. The van der Waals surface area contributed by atoms with Crippen LogP contribution in [0.15, 0.2) is 30.7 Å². The van der Waals surface area contributed by atoms with Gasteiger partial charge in [-0.1, -0.05) is 19.9 Å². The highest BCUT2D eigenvalue weighted by molar-refractivity contribution is 6.05. The minimum Gasteiger partial charge on any atom is -0.376 e. The number of pyridine rings is 2. The second-order valence-corrected chi connectivity index (χ2v) is 9.65. The molecular weight excluding hydrogens is 402 g/mol. The normalized spacial score (nSPS) is 20.5. The van der Waals surface area contributed by atoms with Crippen molar-refractivity contribution in [1.29, 1.82) is 0 Å². The SMILES string of the molecule is CC(C)COC1CCCN(C(=O)N2CCC(c3cnc4ncc5[nH]cccc5c34)CC2)C1. The van der Waals surface area contributed by atoms with Crippen molar-refractivity contribution in [2.24, 2.45) is 5.92 Å². The lowest BCUT2D eigenvalue weighted by atomic mass is 9.89. The van der Waals surface area contributed by atoms with E-state index in [1.54, 1.807) is 0 Å². The highest BCUT2D eigenvalue weighted by Gasteiger charge is 2.31. The van der Waals surface area contributed by atoms with E-state index in [2.05, 4.69) is 34.9 Å². The number of rotatable bonds is 4. The molecule has 5 heterocycles. The lowest BCUT2D eigenvalue weighted by Gasteiger charge is -2.39. The second-order valence-electron chi connectivity index (χ2n) is 9.65. The number of nitrogens with zero attached hydrogens (tertiary/aromatic N) is 4. The number of urea groups is 1. The summed E-state index contributed by atoms with van der Waals surface area (Å²) in [6.45, 7) is 8.23. The topological polar surface area (TPSA) is 74.3 Å². The Labute approximate surface area is 189 Å². The summed E-state index contributed by atoms with van der Waals surface area (Å²) < 4.78 is 6.03. The molecule has 2 aliphatic heterocycles. The van der Waals surface area contributed by atoms with Crippen LogP contribution in [0.4, 0.5) is 4.79 Å². The van der Waals surface area contributed by atoms with Crippen LogP contribution in [0.2, 0.25) is 0 Å². The molecule has 0 aromatic carbocycles. The number of hydrogen-bond donors (Lipinski definition) is 1. The van der Waals surface area contributed by atoms with Gasteiger partial charge in [0.15, 0.2) is 5.65 Å². The number of carbonyl (C=O) groups is 1. The molecule has 5 rings (SSSR count). The van der Waals surface area contributed by atoms with Crippen LogP contribution in [-0.2, 0) is 4.74 Å². The smallest absolute Gasteiger partial charge is 0.320 e. The van der Waals surface area contributed by atoms with Crippen molar-refractivity contribution < 1.29 is 9.53 Å². The lowest BCUT2D eigenvalue weighted by Crippen LogP contribution is -2.51. The van der Waals surface area contributed by atoms with Crippen LogP contribution < -0.4 is 0 Å². The zero-order valence-corrected chi connectivity index (χ0v) is 19.1. The van der Waals surface area contributed by atoms with Gasteiger partial charge in [-0.05, 0) is 49.1 Å². The first-order valence-electron chi connectivity index (χ1n) is 12.0. The molecule has 1 N–H and O–H groups in total. The van der Waals surface area contributed by atoms with E-state index in [1.165, 1.54) is 10.9 Å². The maximum absolute atomic E-state index is 13.2. The summed E-state index contributed by atoms with van der Waals surface area (Å²) >= 11 is 0. The Kier molecular flexibility index (Phi) is 6.00. The minimum absolute atomic E-state index is 0.173. The highest BCUT2D eigenvalue weighted by atomic mass is 16.5. The van der Waals surface area contributed by atoms with Gasteiger partial charge < -0.3 is 19.5 Å². The summed E-state index contributed by atoms with van der Waals surface area (Å²) in [6, 6.07) is 4.33. The number of carbonyl (C=O) groups excluding carboxylic acids is 1. The third-order valence-corrected chi connectivity index (χ3v) is 6.83. The fourth-order valence-corrected chi connectivity index (χ4v) is 5.13. The Morgan fingerprint density at radius 2 is 1.97 bits per heavy atom. The van der Waals surface area contributed by atoms with Gasteiger partial charge in [-0.15, -0.1) is 0 Å². The van der Waals surface area contributed by atoms with Gasteiger partial charge in [-0.3, -0.25) is 0 Å². The Morgan fingerprint density at radius 3 is 2.78 bits per heavy atom. The van der Waals surface area contributed by atoms with Gasteiger partial charge in [-0.2, -0.15) is 0 Å². The van der Waals surface area contributed by atoms with E-state index < -0.39 is 0 Å². The molecule has 2 amide bonds. The molecule has 0 radical (unpaired) electrons. The van der Waals surface area contributed by atoms with Crippen LogP contribution >= 0.6 is 0 Å². The van der Waals surface area contributed by atoms with E-state index in [4.69, 9.17) is 4.74 Å². The van der Waals surface area contributed by atoms with Crippen molar-refractivity contribution in [3.8, 4) is 0 Å². The fraction of sp³-hybridized carbons (Fsp3) is 0.560. The summed E-state index contributed by atoms with van der Waals surface area (Å²) in [5.41, 5.74) is 3.11. The summed E-state index contributed by atoms with van der Waals surface area (Å²) in [6.07, 6.45) is 9.94. The Bertz CT molecular complexity index is 1090. The number of piperidine rings is 2.